The van der Waals surface area contributed by atoms with Crippen molar-refractivity contribution in [3.05, 3.63) is 167 Å². The normalized spacial score (nSPS) is 12.7. The molecule has 10 heteroatoms. The van der Waals surface area contributed by atoms with E-state index in [0.717, 1.165) is 55.9 Å². The predicted molar refractivity (Wildman–Crippen MR) is 218 cm³/mol. The van der Waals surface area contributed by atoms with Crippen LogP contribution in [0.5, 0.6) is 0 Å². The van der Waals surface area contributed by atoms with Crippen LogP contribution in [0.3, 0.4) is 0 Å². The maximum atomic E-state index is 13.7. The van der Waals surface area contributed by atoms with Crippen molar-refractivity contribution in [1.29, 1.82) is 0 Å². The highest BCUT2D eigenvalue weighted by molar-refractivity contribution is 7.24. The molecule has 0 fully saturated rings. The average Bonchev–Trinajstić information content (AvgIpc) is 4.03. The molecule has 0 atom stereocenters. The standard InChI is InChI=1S/C46H26F6N2S2/c47-45(48,49)31-15-11-29(12-16-31)43-35-21-19-33(53-35)41(27-7-3-1-4-8-27)37-23-24-38(55-37)42(28-9-5-2-6-10-28)34-20-22-36(54-34)44(40-26-25-39(43)56-40)30-13-17-32(18-14-30)46(50,51)52/h1-26H. The number of aromatic nitrogens is 2. The average molecular weight is 785 g/mol. The number of hydrogen-bond donors (Lipinski definition) is 0. The topological polar surface area (TPSA) is 25.8 Å². The summed E-state index contributed by atoms with van der Waals surface area (Å²) in [5.41, 5.74) is 6.98. The van der Waals surface area contributed by atoms with E-state index in [0.29, 0.717) is 54.4 Å². The molecule has 0 aliphatic carbocycles. The van der Waals surface area contributed by atoms with Crippen LogP contribution in [0.1, 0.15) is 33.9 Å². The first-order chi connectivity index (χ1) is 27.0. The van der Waals surface area contributed by atoms with E-state index in [1.54, 1.807) is 11.3 Å². The third-order valence-electron chi connectivity index (χ3n) is 9.63. The van der Waals surface area contributed by atoms with Crippen LogP contribution < -0.4 is 0 Å². The van der Waals surface area contributed by atoms with Gasteiger partial charge < -0.3 is 0 Å². The third-order valence-corrected chi connectivity index (χ3v) is 11.9. The monoisotopic (exact) mass is 784 g/mol. The van der Waals surface area contributed by atoms with Gasteiger partial charge in [-0.25, -0.2) is 9.97 Å². The molecule has 2 aliphatic rings. The van der Waals surface area contributed by atoms with E-state index in [4.69, 9.17) is 9.97 Å². The summed E-state index contributed by atoms with van der Waals surface area (Å²) in [5, 5.41) is 0. The number of hydrogen-bond acceptors (Lipinski definition) is 4. The summed E-state index contributed by atoms with van der Waals surface area (Å²) in [6.07, 6.45) is -1.41. The van der Waals surface area contributed by atoms with Gasteiger partial charge in [0.05, 0.1) is 33.9 Å². The Kier molecular flexibility index (Phi) is 8.82. The van der Waals surface area contributed by atoms with Gasteiger partial charge in [-0.1, -0.05) is 84.9 Å². The highest BCUT2D eigenvalue weighted by Crippen LogP contribution is 2.44. The molecule has 3 aromatic heterocycles. The lowest BCUT2D eigenvalue weighted by molar-refractivity contribution is -0.138. The fourth-order valence-corrected chi connectivity index (χ4v) is 9.34. The van der Waals surface area contributed by atoms with E-state index in [1.807, 2.05) is 97.1 Å². The number of thiophene rings is 2. The summed E-state index contributed by atoms with van der Waals surface area (Å²) in [6, 6.07) is 37.8. The van der Waals surface area contributed by atoms with Gasteiger partial charge >= 0.3 is 12.4 Å². The van der Waals surface area contributed by atoms with Crippen molar-refractivity contribution in [3.63, 3.8) is 0 Å². The molecule has 2 nitrogen and oxygen atoms in total. The molecule has 274 valence electrons. The van der Waals surface area contributed by atoms with Crippen molar-refractivity contribution < 1.29 is 26.3 Å². The molecule has 2 aliphatic heterocycles. The quantitative estimate of drug-likeness (QED) is 0.166. The molecule has 0 radical (unpaired) electrons. The van der Waals surface area contributed by atoms with Crippen molar-refractivity contribution in [2.45, 2.75) is 12.4 Å². The molecular weight excluding hydrogens is 759 g/mol. The minimum absolute atomic E-state index is 0.531. The molecular formula is C46H26F6N2S2. The van der Waals surface area contributed by atoms with Gasteiger partial charge in [0, 0.05) is 41.1 Å². The lowest BCUT2D eigenvalue weighted by Gasteiger charge is -2.09. The lowest BCUT2D eigenvalue weighted by atomic mass is 10.0. The van der Waals surface area contributed by atoms with E-state index in [9.17, 15) is 26.3 Å². The van der Waals surface area contributed by atoms with E-state index >= 15 is 0 Å². The summed E-state index contributed by atoms with van der Waals surface area (Å²) in [6.45, 7) is 0. The van der Waals surface area contributed by atoms with Crippen LogP contribution in [-0.2, 0) is 12.4 Å². The Balaban J connectivity index is 1.43. The Morgan fingerprint density at radius 2 is 0.589 bits per heavy atom. The first-order valence-electron chi connectivity index (χ1n) is 17.5. The molecule has 4 aromatic carbocycles. The van der Waals surface area contributed by atoms with Gasteiger partial charge in [0.1, 0.15) is 0 Å². The Morgan fingerprint density at radius 1 is 0.321 bits per heavy atom. The summed E-state index contributed by atoms with van der Waals surface area (Å²) >= 11 is 2.96. The molecule has 8 bridgehead atoms. The number of nitrogens with zero attached hydrogens (tertiary/aromatic N) is 2. The molecule has 0 saturated heterocycles. The van der Waals surface area contributed by atoms with Crippen molar-refractivity contribution in [3.8, 4) is 44.5 Å². The number of halogens is 6. The zero-order valence-corrected chi connectivity index (χ0v) is 30.6. The summed E-state index contributed by atoms with van der Waals surface area (Å²) < 4.78 is 85.5. The van der Waals surface area contributed by atoms with Crippen molar-refractivity contribution >= 4 is 65.8 Å². The second-order valence-corrected chi connectivity index (χ2v) is 15.3. The SMILES string of the molecule is FC(F)(F)c1ccc(-c2c3nc(c(-c4ccccc4)c4ccc(s4)c(-c4ccccc4)c4nc(c(-c5ccc(C(F)(F)F)cc5)c5ccc2s5)C=C4)C=C3)cc1. The number of benzene rings is 4. The Hall–Kier alpha value is -6.10. The van der Waals surface area contributed by atoms with Crippen molar-refractivity contribution in [2.75, 3.05) is 0 Å². The van der Waals surface area contributed by atoms with E-state index in [-0.39, 0.29) is 0 Å². The maximum Gasteiger partial charge on any atom is 0.416 e. The lowest BCUT2D eigenvalue weighted by Crippen LogP contribution is -2.04. The number of alkyl halides is 6. The Bertz CT molecular complexity index is 2660. The summed E-state index contributed by atoms with van der Waals surface area (Å²) in [7, 11) is 0. The summed E-state index contributed by atoms with van der Waals surface area (Å²) in [5.74, 6) is 0. The van der Waals surface area contributed by atoms with Gasteiger partial charge in [-0.05, 0) is 95.1 Å². The van der Waals surface area contributed by atoms with Crippen LogP contribution in [0.15, 0.2) is 133 Å². The molecule has 0 spiro atoms. The third kappa shape index (κ3) is 6.65. The number of fused-ring (bicyclic) bond motifs is 8. The van der Waals surface area contributed by atoms with Crippen molar-refractivity contribution in [2.24, 2.45) is 0 Å². The fraction of sp³-hybridized carbons (Fsp3) is 0.0435. The van der Waals surface area contributed by atoms with Crippen LogP contribution in [-0.4, -0.2) is 9.97 Å². The van der Waals surface area contributed by atoms with Crippen LogP contribution in [0.2, 0.25) is 0 Å². The highest BCUT2D eigenvalue weighted by atomic mass is 32.1. The summed E-state index contributed by atoms with van der Waals surface area (Å²) in [4.78, 5) is 10.4. The van der Waals surface area contributed by atoms with Gasteiger partial charge in [-0.3, -0.25) is 0 Å². The molecule has 7 aromatic rings. The van der Waals surface area contributed by atoms with Gasteiger partial charge in [0.25, 0.3) is 0 Å². The first-order valence-corrected chi connectivity index (χ1v) is 19.1. The second kappa shape index (κ2) is 13.9. The maximum absolute atomic E-state index is 13.7. The fourth-order valence-electron chi connectivity index (χ4n) is 7.02. The molecule has 9 rings (SSSR count). The van der Waals surface area contributed by atoms with E-state index in [1.165, 1.54) is 35.6 Å². The minimum atomic E-state index is -4.51. The Morgan fingerprint density at radius 3 is 0.857 bits per heavy atom. The zero-order chi connectivity index (χ0) is 38.6. The van der Waals surface area contributed by atoms with Gasteiger partial charge in [0.2, 0.25) is 0 Å². The van der Waals surface area contributed by atoms with Crippen molar-refractivity contribution in [1.82, 2.24) is 9.97 Å². The molecule has 0 saturated carbocycles. The highest BCUT2D eigenvalue weighted by Gasteiger charge is 2.31. The largest absolute Gasteiger partial charge is 0.416 e. The molecule has 0 amide bonds. The molecule has 5 heterocycles. The first kappa shape index (κ1) is 35.6. The molecule has 0 unspecified atom stereocenters. The predicted octanol–water partition coefficient (Wildman–Crippen LogP) is 14.8. The second-order valence-electron chi connectivity index (χ2n) is 13.1. The van der Waals surface area contributed by atoms with E-state index < -0.39 is 23.5 Å². The minimum Gasteiger partial charge on any atom is -0.248 e. The van der Waals surface area contributed by atoms with E-state index in [2.05, 4.69) is 12.1 Å². The molecule has 0 N–H and O–H groups in total. The zero-order valence-electron chi connectivity index (χ0n) is 29.0. The van der Waals surface area contributed by atoms with Crippen LogP contribution in [0.25, 0.3) is 87.6 Å². The van der Waals surface area contributed by atoms with Gasteiger partial charge in [0.15, 0.2) is 0 Å². The molecule has 56 heavy (non-hydrogen) atoms. The Labute approximate surface area is 325 Å². The van der Waals surface area contributed by atoms with Gasteiger partial charge in [-0.15, -0.1) is 22.7 Å². The van der Waals surface area contributed by atoms with Crippen LogP contribution in [0, 0.1) is 0 Å². The van der Waals surface area contributed by atoms with Crippen LogP contribution >= 0.6 is 22.7 Å². The van der Waals surface area contributed by atoms with Crippen LogP contribution in [0.4, 0.5) is 26.3 Å². The number of rotatable bonds is 4. The van der Waals surface area contributed by atoms with Gasteiger partial charge in [-0.2, -0.15) is 26.3 Å². The smallest absolute Gasteiger partial charge is 0.248 e.